The van der Waals surface area contributed by atoms with Crippen LogP contribution in [0, 0.1) is 0 Å². The van der Waals surface area contributed by atoms with E-state index < -0.39 is 0 Å². The number of fused-ring (bicyclic) bond motifs is 6. The standard InChI is InChI=1S/C48H32N2/c1-3-12-33(13-4-1)35-22-27-38(28-23-35)49-44-19-9-7-16-41(44)43-32-37(26-31-46(43)49)40-18-11-21-47-48(40)42-17-8-10-20-45(42)50(47)39-29-24-36(25-30-39)34-14-5-2-6-15-34/h1-32H/i7D. The number of benzene rings is 8. The van der Waals surface area contributed by atoms with Gasteiger partial charge in [0.05, 0.1) is 23.4 Å². The highest BCUT2D eigenvalue weighted by molar-refractivity contribution is 6.17. The van der Waals surface area contributed by atoms with Crippen molar-refractivity contribution in [3.05, 3.63) is 194 Å². The van der Waals surface area contributed by atoms with Gasteiger partial charge in [-0.05, 0) is 88.0 Å². The fourth-order valence-corrected chi connectivity index (χ4v) is 7.76. The Morgan fingerprint density at radius 1 is 0.320 bits per heavy atom. The quantitative estimate of drug-likeness (QED) is 0.178. The van der Waals surface area contributed by atoms with Crippen molar-refractivity contribution >= 4 is 43.6 Å². The maximum Gasteiger partial charge on any atom is 0.0623 e. The second-order valence-electron chi connectivity index (χ2n) is 12.9. The van der Waals surface area contributed by atoms with Crippen LogP contribution in [-0.4, -0.2) is 9.13 Å². The first-order valence-electron chi connectivity index (χ1n) is 17.6. The van der Waals surface area contributed by atoms with Gasteiger partial charge in [-0.3, -0.25) is 0 Å². The molecule has 10 rings (SSSR count). The van der Waals surface area contributed by atoms with Crippen LogP contribution in [0.2, 0.25) is 0 Å². The van der Waals surface area contributed by atoms with Crippen LogP contribution in [-0.2, 0) is 0 Å². The zero-order valence-electron chi connectivity index (χ0n) is 28.3. The molecule has 2 aromatic heterocycles. The molecule has 2 heteroatoms. The highest BCUT2D eigenvalue weighted by Gasteiger charge is 2.18. The van der Waals surface area contributed by atoms with Crippen LogP contribution in [0.1, 0.15) is 1.37 Å². The minimum atomic E-state index is 0.509. The molecule has 0 aliphatic heterocycles. The van der Waals surface area contributed by atoms with Crippen molar-refractivity contribution in [2.24, 2.45) is 0 Å². The maximum atomic E-state index is 8.54. The molecule has 0 N–H and O–H groups in total. The summed E-state index contributed by atoms with van der Waals surface area (Å²) in [6, 6.07) is 67.4. The first kappa shape index (κ1) is 27.3. The highest BCUT2D eigenvalue weighted by atomic mass is 15.0. The largest absolute Gasteiger partial charge is 0.309 e. The number of nitrogens with zero attached hydrogens (tertiary/aromatic N) is 2. The molecule has 0 radical (unpaired) electrons. The molecule has 0 atom stereocenters. The van der Waals surface area contributed by atoms with Crippen molar-refractivity contribution in [2.45, 2.75) is 0 Å². The van der Waals surface area contributed by atoms with Gasteiger partial charge in [-0.15, -0.1) is 0 Å². The summed E-state index contributed by atoms with van der Waals surface area (Å²) in [6.45, 7) is 0. The molecule has 50 heavy (non-hydrogen) atoms. The SMILES string of the molecule is [2H]c1ccc2c(c1)c1cc(-c3cccc4c3c3ccccc3n4-c3ccc(-c4ccccc4)cc3)ccc1n2-c1ccc(-c2ccccc2)cc1. The second-order valence-corrected chi connectivity index (χ2v) is 12.9. The fourth-order valence-electron chi connectivity index (χ4n) is 7.76. The van der Waals surface area contributed by atoms with Crippen LogP contribution in [0.4, 0.5) is 0 Å². The number of para-hydroxylation sites is 2. The summed E-state index contributed by atoms with van der Waals surface area (Å²) in [5.41, 5.74) is 14.0. The van der Waals surface area contributed by atoms with Gasteiger partial charge in [-0.1, -0.05) is 140 Å². The van der Waals surface area contributed by atoms with E-state index >= 15 is 0 Å². The summed E-state index contributed by atoms with van der Waals surface area (Å²) in [5.74, 6) is 0. The monoisotopic (exact) mass is 637 g/mol. The summed E-state index contributed by atoms with van der Waals surface area (Å²) >= 11 is 0. The number of aromatic nitrogens is 2. The van der Waals surface area contributed by atoms with Crippen molar-refractivity contribution in [1.29, 1.82) is 0 Å². The average molecular weight is 638 g/mol. The third-order valence-corrected chi connectivity index (χ3v) is 10.1. The van der Waals surface area contributed by atoms with Gasteiger partial charge in [0.15, 0.2) is 0 Å². The first-order chi connectivity index (χ1) is 25.2. The van der Waals surface area contributed by atoms with Crippen molar-refractivity contribution < 1.29 is 1.37 Å². The first-order valence-corrected chi connectivity index (χ1v) is 17.1. The minimum absolute atomic E-state index is 0.509. The lowest BCUT2D eigenvalue weighted by Gasteiger charge is -2.11. The normalized spacial score (nSPS) is 11.9. The van der Waals surface area contributed by atoms with Gasteiger partial charge in [0.2, 0.25) is 0 Å². The molecule has 0 saturated heterocycles. The van der Waals surface area contributed by atoms with E-state index in [-0.39, 0.29) is 0 Å². The Morgan fingerprint density at radius 2 is 0.820 bits per heavy atom. The number of hydrogen-bond donors (Lipinski definition) is 0. The van der Waals surface area contributed by atoms with Crippen molar-refractivity contribution in [1.82, 2.24) is 9.13 Å². The molecule has 0 amide bonds. The summed E-state index contributed by atoms with van der Waals surface area (Å²) in [6.07, 6.45) is 0. The summed E-state index contributed by atoms with van der Waals surface area (Å²) in [4.78, 5) is 0. The molecule has 2 nitrogen and oxygen atoms in total. The Morgan fingerprint density at radius 3 is 1.50 bits per heavy atom. The van der Waals surface area contributed by atoms with Crippen LogP contribution in [0.5, 0.6) is 0 Å². The van der Waals surface area contributed by atoms with Gasteiger partial charge in [0.1, 0.15) is 0 Å². The Balaban J connectivity index is 1.14. The topological polar surface area (TPSA) is 9.86 Å². The van der Waals surface area contributed by atoms with E-state index in [9.17, 15) is 0 Å². The van der Waals surface area contributed by atoms with E-state index in [0.717, 1.165) is 38.7 Å². The third kappa shape index (κ3) is 4.50. The molecule has 0 saturated carbocycles. The van der Waals surface area contributed by atoms with Gasteiger partial charge in [0.25, 0.3) is 0 Å². The Kier molecular flexibility index (Phi) is 6.29. The van der Waals surface area contributed by atoms with Crippen LogP contribution >= 0.6 is 0 Å². The van der Waals surface area contributed by atoms with E-state index in [4.69, 9.17) is 1.37 Å². The lowest BCUT2D eigenvalue weighted by atomic mass is 9.98. The Hall–Kier alpha value is -6.64. The zero-order chi connectivity index (χ0) is 33.9. The Bertz CT molecular complexity index is 2880. The molecule has 0 aliphatic carbocycles. The predicted molar refractivity (Wildman–Crippen MR) is 211 cm³/mol. The van der Waals surface area contributed by atoms with Crippen LogP contribution in [0.3, 0.4) is 0 Å². The fraction of sp³-hybridized carbons (Fsp3) is 0. The molecule has 234 valence electrons. The van der Waals surface area contributed by atoms with Gasteiger partial charge in [-0.25, -0.2) is 0 Å². The molecule has 0 unspecified atom stereocenters. The molecular weight excluding hydrogens is 605 g/mol. The van der Waals surface area contributed by atoms with Crippen molar-refractivity contribution in [3.63, 3.8) is 0 Å². The van der Waals surface area contributed by atoms with Crippen LogP contribution in [0.25, 0.3) is 88.4 Å². The molecule has 2 heterocycles. The molecule has 8 aromatic carbocycles. The highest BCUT2D eigenvalue weighted by Crippen LogP contribution is 2.41. The van der Waals surface area contributed by atoms with E-state index in [2.05, 4.69) is 179 Å². The predicted octanol–water partition coefficient (Wildman–Crippen LogP) is 12.9. The van der Waals surface area contributed by atoms with E-state index in [1.165, 1.54) is 49.6 Å². The smallest absolute Gasteiger partial charge is 0.0623 e. The number of rotatable bonds is 5. The second kappa shape index (κ2) is 11.5. The lowest BCUT2D eigenvalue weighted by molar-refractivity contribution is 1.18. The third-order valence-electron chi connectivity index (χ3n) is 10.1. The number of hydrogen-bond acceptors (Lipinski definition) is 0. The summed E-state index contributed by atoms with van der Waals surface area (Å²) < 4.78 is 13.3. The summed E-state index contributed by atoms with van der Waals surface area (Å²) in [7, 11) is 0. The Labute approximate surface area is 292 Å². The van der Waals surface area contributed by atoms with Crippen molar-refractivity contribution in [2.75, 3.05) is 0 Å². The molecule has 0 fully saturated rings. The zero-order valence-corrected chi connectivity index (χ0v) is 27.3. The van der Waals surface area contributed by atoms with E-state index in [0.29, 0.717) is 6.04 Å². The minimum Gasteiger partial charge on any atom is -0.309 e. The van der Waals surface area contributed by atoms with Gasteiger partial charge in [-0.2, -0.15) is 0 Å². The van der Waals surface area contributed by atoms with E-state index in [1.54, 1.807) is 0 Å². The van der Waals surface area contributed by atoms with E-state index in [1.807, 2.05) is 18.2 Å². The molecule has 0 aliphatic rings. The van der Waals surface area contributed by atoms with Crippen molar-refractivity contribution in [3.8, 4) is 44.8 Å². The summed E-state index contributed by atoms with van der Waals surface area (Å²) in [5, 5.41) is 4.69. The maximum absolute atomic E-state index is 8.54. The van der Waals surface area contributed by atoms with Gasteiger partial charge >= 0.3 is 0 Å². The molecule has 10 aromatic rings. The molecule has 0 spiro atoms. The van der Waals surface area contributed by atoms with Crippen LogP contribution in [0.15, 0.2) is 194 Å². The molecule has 0 bridgehead atoms. The van der Waals surface area contributed by atoms with Gasteiger partial charge in [0, 0.05) is 32.9 Å². The molecular formula is C48H32N2. The average Bonchev–Trinajstić information content (AvgIpc) is 3.71. The lowest BCUT2D eigenvalue weighted by Crippen LogP contribution is -1.94. The van der Waals surface area contributed by atoms with Crippen LogP contribution < -0.4 is 0 Å². The van der Waals surface area contributed by atoms with Gasteiger partial charge < -0.3 is 9.13 Å².